The van der Waals surface area contributed by atoms with Crippen molar-refractivity contribution in [3.63, 3.8) is 0 Å². The van der Waals surface area contributed by atoms with E-state index in [4.69, 9.17) is 9.51 Å². The van der Waals surface area contributed by atoms with Crippen LogP contribution in [0.4, 0.5) is 0 Å². The van der Waals surface area contributed by atoms with Crippen molar-refractivity contribution in [1.29, 1.82) is 0 Å². The summed E-state index contributed by atoms with van der Waals surface area (Å²) in [7, 11) is 0. The van der Waals surface area contributed by atoms with Crippen molar-refractivity contribution >= 4 is 5.91 Å². The summed E-state index contributed by atoms with van der Waals surface area (Å²) in [5.74, 6) is 2.74. The molecule has 7 heteroatoms. The molecule has 4 rings (SSSR count). The van der Waals surface area contributed by atoms with E-state index in [0.29, 0.717) is 24.8 Å². The van der Waals surface area contributed by atoms with Gasteiger partial charge < -0.3 is 9.84 Å². The van der Waals surface area contributed by atoms with Crippen LogP contribution in [0.5, 0.6) is 0 Å². The smallest absolute Gasteiger partial charge is 0.226 e. The number of rotatable bonds is 7. The molecule has 0 atom stereocenters. The van der Waals surface area contributed by atoms with Crippen molar-refractivity contribution in [3.05, 3.63) is 59.6 Å². The molecule has 0 aromatic carbocycles. The molecule has 168 valence electrons. The molecule has 1 aliphatic rings. The van der Waals surface area contributed by atoms with E-state index in [1.54, 1.807) is 6.20 Å². The van der Waals surface area contributed by atoms with E-state index < -0.39 is 0 Å². The Hall–Kier alpha value is -3.09. The van der Waals surface area contributed by atoms with Crippen LogP contribution in [0.2, 0.25) is 0 Å². The number of amides is 1. The summed E-state index contributed by atoms with van der Waals surface area (Å²) in [5.41, 5.74) is 3.66. The summed E-state index contributed by atoms with van der Waals surface area (Å²) in [6.07, 6.45) is 8.13. The van der Waals surface area contributed by atoms with Gasteiger partial charge in [0.05, 0.1) is 23.4 Å². The number of aromatic nitrogens is 4. The van der Waals surface area contributed by atoms with Gasteiger partial charge in [0.25, 0.3) is 0 Å². The van der Waals surface area contributed by atoms with Crippen molar-refractivity contribution in [2.24, 2.45) is 5.92 Å². The van der Waals surface area contributed by atoms with E-state index in [9.17, 15) is 4.79 Å². The number of nitrogens with one attached hydrogen (secondary N) is 1. The molecule has 32 heavy (non-hydrogen) atoms. The molecule has 1 amide bonds. The lowest BCUT2D eigenvalue weighted by atomic mass is 9.79. The molecule has 1 fully saturated rings. The zero-order valence-electron chi connectivity index (χ0n) is 19.0. The molecular weight excluding hydrogens is 402 g/mol. The van der Waals surface area contributed by atoms with Crippen LogP contribution in [0.15, 0.2) is 41.2 Å². The fourth-order valence-electron chi connectivity index (χ4n) is 4.31. The first-order chi connectivity index (χ1) is 15.5. The van der Waals surface area contributed by atoms with E-state index in [1.807, 2.05) is 37.4 Å². The Morgan fingerprint density at radius 2 is 2.00 bits per heavy atom. The molecule has 0 aliphatic heterocycles. The number of nitrogens with zero attached hydrogens (tertiary/aromatic N) is 4. The lowest BCUT2D eigenvalue weighted by Gasteiger charge is -2.29. The highest BCUT2D eigenvalue weighted by Crippen LogP contribution is 2.39. The van der Waals surface area contributed by atoms with Gasteiger partial charge in [0.1, 0.15) is 5.82 Å². The van der Waals surface area contributed by atoms with Crippen LogP contribution in [0.3, 0.4) is 0 Å². The monoisotopic (exact) mass is 433 g/mol. The van der Waals surface area contributed by atoms with Crippen molar-refractivity contribution in [2.45, 2.75) is 64.7 Å². The number of carbonyl (C=O) groups is 1. The minimum absolute atomic E-state index is 0.0335. The molecule has 1 N–H and O–H groups in total. The second-order valence-corrected chi connectivity index (χ2v) is 9.03. The maximum absolute atomic E-state index is 12.3. The summed E-state index contributed by atoms with van der Waals surface area (Å²) in [5, 5.41) is 7.14. The molecular formula is C25H31N5O2. The zero-order valence-corrected chi connectivity index (χ0v) is 19.0. The normalized spacial score (nSPS) is 18.6. The minimum atomic E-state index is 0.0335. The van der Waals surface area contributed by atoms with Gasteiger partial charge in [-0.1, -0.05) is 25.1 Å². The fourth-order valence-corrected chi connectivity index (χ4v) is 4.31. The Labute approximate surface area is 189 Å². The first-order valence-electron chi connectivity index (χ1n) is 11.5. The molecule has 0 spiro atoms. The van der Waals surface area contributed by atoms with Gasteiger partial charge in [0.2, 0.25) is 5.91 Å². The van der Waals surface area contributed by atoms with Gasteiger partial charge >= 0.3 is 0 Å². The topological polar surface area (TPSA) is 93.8 Å². The Kier molecular flexibility index (Phi) is 6.93. The van der Waals surface area contributed by atoms with Gasteiger partial charge in [-0.15, -0.1) is 0 Å². The molecule has 0 saturated heterocycles. The molecule has 3 aromatic rings. The Morgan fingerprint density at radius 3 is 2.66 bits per heavy atom. The van der Waals surface area contributed by atoms with Gasteiger partial charge in [0.15, 0.2) is 5.76 Å². The predicted octanol–water partition coefficient (Wildman–Crippen LogP) is 4.59. The summed E-state index contributed by atoms with van der Waals surface area (Å²) in [4.78, 5) is 26.0. The SMILES string of the molecule is Cc1cc(-c2cnc(C(C)C)nc2C2CCC(CNC(=O)Cc3ccccn3)CC2)on1. The Morgan fingerprint density at radius 1 is 1.19 bits per heavy atom. The summed E-state index contributed by atoms with van der Waals surface area (Å²) < 4.78 is 5.53. The average molecular weight is 434 g/mol. The van der Waals surface area contributed by atoms with Crippen LogP contribution in [0.1, 0.15) is 74.3 Å². The number of pyridine rings is 1. The highest BCUT2D eigenvalue weighted by Gasteiger charge is 2.27. The lowest BCUT2D eigenvalue weighted by Crippen LogP contribution is -2.32. The predicted molar refractivity (Wildman–Crippen MR) is 122 cm³/mol. The van der Waals surface area contributed by atoms with Crippen molar-refractivity contribution in [3.8, 4) is 11.3 Å². The summed E-state index contributed by atoms with van der Waals surface area (Å²) in [6.45, 7) is 6.86. The molecule has 0 radical (unpaired) electrons. The first kappa shape index (κ1) is 22.1. The van der Waals surface area contributed by atoms with Crippen molar-refractivity contribution in [1.82, 2.24) is 25.4 Å². The second kappa shape index (κ2) is 10.0. The van der Waals surface area contributed by atoms with E-state index >= 15 is 0 Å². The standard InChI is InChI=1S/C25H31N5O2/c1-16(2)25-28-15-21(22-12-17(3)30-32-22)24(29-25)19-9-7-18(8-10-19)14-27-23(31)13-20-6-4-5-11-26-20/h4-6,11-12,15-16,18-19H,7-10,13-14H2,1-3H3,(H,27,31). The fraction of sp³-hybridized carbons (Fsp3) is 0.480. The first-order valence-corrected chi connectivity index (χ1v) is 11.5. The second-order valence-electron chi connectivity index (χ2n) is 9.03. The quantitative estimate of drug-likeness (QED) is 0.586. The number of hydrogen-bond donors (Lipinski definition) is 1. The number of aryl methyl sites for hydroxylation is 1. The number of hydrogen-bond acceptors (Lipinski definition) is 6. The lowest BCUT2D eigenvalue weighted by molar-refractivity contribution is -0.120. The van der Waals surface area contributed by atoms with Gasteiger partial charge in [-0.25, -0.2) is 9.97 Å². The molecule has 3 heterocycles. The van der Waals surface area contributed by atoms with Crippen LogP contribution in [-0.4, -0.2) is 32.6 Å². The maximum atomic E-state index is 12.3. The van der Waals surface area contributed by atoms with Gasteiger partial charge in [-0.05, 0) is 50.7 Å². The van der Waals surface area contributed by atoms with Crippen LogP contribution in [-0.2, 0) is 11.2 Å². The average Bonchev–Trinajstić information content (AvgIpc) is 3.24. The number of carbonyl (C=O) groups excluding carboxylic acids is 1. The highest BCUT2D eigenvalue weighted by molar-refractivity contribution is 5.78. The van der Waals surface area contributed by atoms with E-state index in [0.717, 1.165) is 59.9 Å². The minimum Gasteiger partial charge on any atom is -0.356 e. The third-order valence-corrected chi connectivity index (χ3v) is 6.14. The van der Waals surface area contributed by atoms with E-state index in [2.05, 4.69) is 34.3 Å². The van der Waals surface area contributed by atoms with E-state index in [-0.39, 0.29) is 11.8 Å². The van der Waals surface area contributed by atoms with Crippen molar-refractivity contribution in [2.75, 3.05) is 6.54 Å². The third-order valence-electron chi connectivity index (χ3n) is 6.14. The van der Waals surface area contributed by atoms with Crippen LogP contribution in [0, 0.1) is 12.8 Å². The Bertz CT molecular complexity index is 1040. The molecule has 0 unspecified atom stereocenters. The largest absolute Gasteiger partial charge is 0.356 e. The van der Waals surface area contributed by atoms with Crippen LogP contribution in [0.25, 0.3) is 11.3 Å². The van der Waals surface area contributed by atoms with Crippen LogP contribution < -0.4 is 5.32 Å². The van der Waals surface area contributed by atoms with Crippen LogP contribution >= 0.6 is 0 Å². The van der Waals surface area contributed by atoms with Gasteiger partial charge in [-0.3, -0.25) is 9.78 Å². The summed E-state index contributed by atoms with van der Waals surface area (Å²) >= 11 is 0. The van der Waals surface area contributed by atoms with Crippen molar-refractivity contribution < 1.29 is 9.32 Å². The molecule has 7 nitrogen and oxygen atoms in total. The van der Waals surface area contributed by atoms with E-state index in [1.165, 1.54) is 0 Å². The molecule has 1 saturated carbocycles. The molecule has 1 aliphatic carbocycles. The summed E-state index contributed by atoms with van der Waals surface area (Å²) in [6, 6.07) is 7.59. The Balaban J connectivity index is 1.38. The molecule has 3 aromatic heterocycles. The maximum Gasteiger partial charge on any atom is 0.226 e. The van der Waals surface area contributed by atoms with Gasteiger partial charge in [-0.2, -0.15) is 0 Å². The third kappa shape index (κ3) is 5.39. The zero-order chi connectivity index (χ0) is 22.5. The highest BCUT2D eigenvalue weighted by atomic mass is 16.5. The van der Waals surface area contributed by atoms with Gasteiger partial charge in [0, 0.05) is 42.5 Å². The molecule has 0 bridgehead atoms.